The Kier molecular flexibility index (Phi) is 6.48. The van der Waals surface area contributed by atoms with E-state index in [1.165, 1.54) is 44.1 Å². The Hall–Kier alpha value is -6.06. The predicted octanol–water partition coefficient (Wildman–Crippen LogP) is 12.0. The van der Waals surface area contributed by atoms with E-state index in [-0.39, 0.29) is 0 Å². The Bertz CT molecular complexity index is 2360. The summed E-state index contributed by atoms with van der Waals surface area (Å²) in [5, 5.41) is 2.47. The molecule has 0 saturated carbocycles. The summed E-state index contributed by atoms with van der Waals surface area (Å²) < 4.78 is 15.5. The van der Waals surface area contributed by atoms with Crippen LogP contribution in [-0.4, -0.2) is 10.4 Å². The molecule has 8 aromatic rings. The van der Waals surface area contributed by atoms with Gasteiger partial charge in [-0.3, -0.25) is 0 Å². The van der Waals surface area contributed by atoms with E-state index in [4.69, 9.17) is 9.47 Å². The molecule has 1 aliphatic heterocycles. The third kappa shape index (κ3) is 4.83. The first kappa shape index (κ1) is 28.2. The second-order valence-electron chi connectivity index (χ2n) is 12.9. The molecule has 3 heteroatoms. The maximum Gasteiger partial charge on any atom is 0.245 e. The third-order valence-electron chi connectivity index (χ3n) is 9.27. The summed E-state index contributed by atoms with van der Waals surface area (Å²) in [5.41, 5.74) is 12.4. The van der Waals surface area contributed by atoms with Crippen LogP contribution in [0.3, 0.4) is 0 Å². The van der Waals surface area contributed by atoms with Gasteiger partial charge in [-0.2, -0.15) is 0 Å². The number of hydrogen-bond donors (Lipinski definition) is 0. The van der Waals surface area contributed by atoms with Gasteiger partial charge in [0.2, 0.25) is 5.79 Å². The molecule has 0 saturated heterocycles. The second-order valence-corrected chi connectivity index (χ2v) is 12.9. The van der Waals surface area contributed by atoms with E-state index in [0.29, 0.717) is 0 Å². The van der Waals surface area contributed by atoms with Gasteiger partial charge in [0, 0.05) is 41.4 Å². The number of rotatable bonds is 4. The Morgan fingerprint density at radius 2 is 0.917 bits per heavy atom. The summed E-state index contributed by atoms with van der Waals surface area (Å²) in [5.74, 6) is 0.726. The summed E-state index contributed by atoms with van der Waals surface area (Å²) in [7, 11) is 0. The second kappa shape index (κ2) is 11.0. The van der Waals surface area contributed by atoms with Crippen LogP contribution in [0, 0.1) is 0 Å². The molecule has 0 amide bonds. The zero-order valence-electron chi connectivity index (χ0n) is 26.9. The average molecular weight is 620 g/mol. The Balaban J connectivity index is 1.21. The van der Waals surface area contributed by atoms with Crippen LogP contribution in [0.4, 0.5) is 0 Å². The van der Waals surface area contributed by atoms with Gasteiger partial charge in [0.05, 0.1) is 11.0 Å². The minimum Gasteiger partial charge on any atom is -0.452 e. The van der Waals surface area contributed by atoms with E-state index >= 15 is 0 Å². The van der Waals surface area contributed by atoms with E-state index in [1.807, 2.05) is 13.8 Å². The normalized spacial score (nSPS) is 13.3. The fraction of sp³-hybridized carbons (Fsp3) is 0.0667. The van der Waals surface area contributed by atoms with Crippen molar-refractivity contribution in [3.63, 3.8) is 0 Å². The van der Waals surface area contributed by atoms with Crippen molar-refractivity contribution in [2.24, 2.45) is 0 Å². The van der Waals surface area contributed by atoms with Gasteiger partial charge < -0.3 is 14.0 Å². The Labute approximate surface area is 280 Å². The van der Waals surface area contributed by atoms with E-state index in [0.717, 1.165) is 39.4 Å². The molecule has 7 aromatic carbocycles. The Morgan fingerprint density at radius 3 is 1.52 bits per heavy atom. The van der Waals surface area contributed by atoms with Crippen molar-refractivity contribution >= 4 is 21.8 Å². The van der Waals surface area contributed by atoms with Gasteiger partial charge in [0.15, 0.2) is 0 Å². The van der Waals surface area contributed by atoms with Gasteiger partial charge >= 0.3 is 0 Å². The van der Waals surface area contributed by atoms with Crippen molar-refractivity contribution in [3.8, 4) is 61.7 Å². The first-order chi connectivity index (χ1) is 23.5. The molecule has 1 aromatic heterocycles. The van der Waals surface area contributed by atoms with Gasteiger partial charge in [-0.1, -0.05) is 103 Å². The van der Waals surface area contributed by atoms with Crippen LogP contribution in [-0.2, 0) is 0 Å². The maximum absolute atomic E-state index is 6.66. The molecular weight excluding hydrogens is 587 g/mol. The van der Waals surface area contributed by atoms with Crippen molar-refractivity contribution in [2.75, 3.05) is 0 Å². The van der Waals surface area contributed by atoms with E-state index in [2.05, 4.69) is 168 Å². The fourth-order valence-electron chi connectivity index (χ4n) is 7.11. The highest BCUT2D eigenvalue weighted by Gasteiger charge is 2.30. The molecule has 0 unspecified atom stereocenters. The first-order valence-electron chi connectivity index (χ1n) is 16.4. The maximum atomic E-state index is 6.66. The lowest BCUT2D eigenvalue weighted by atomic mass is 9.92. The van der Waals surface area contributed by atoms with E-state index in [1.54, 1.807) is 0 Å². The predicted molar refractivity (Wildman–Crippen MR) is 198 cm³/mol. The topological polar surface area (TPSA) is 23.4 Å². The molecular formula is C45H33NO2. The SMILES string of the molecule is CC1(C)Oc2cc(-c3cc(-c4ccccc4)cc(-c4ccccc4)c3)ccc2-c2cc(-n3c4ccccc4c4ccccc43)ccc2O1. The summed E-state index contributed by atoms with van der Waals surface area (Å²) in [6.07, 6.45) is 0. The van der Waals surface area contributed by atoms with Crippen LogP contribution >= 0.6 is 0 Å². The molecule has 0 fully saturated rings. The smallest absolute Gasteiger partial charge is 0.245 e. The average Bonchev–Trinajstić information content (AvgIpc) is 3.40. The van der Waals surface area contributed by atoms with Crippen LogP contribution in [0.2, 0.25) is 0 Å². The molecule has 0 N–H and O–H groups in total. The van der Waals surface area contributed by atoms with Crippen molar-refractivity contribution in [1.29, 1.82) is 0 Å². The van der Waals surface area contributed by atoms with Crippen molar-refractivity contribution < 1.29 is 9.47 Å². The van der Waals surface area contributed by atoms with Crippen LogP contribution in [0.1, 0.15) is 13.8 Å². The molecule has 0 atom stereocenters. The number of nitrogens with zero attached hydrogens (tertiary/aromatic N) is 1. The highest BCUT2D eigenvalue weighted by atomic mass is 16.7. The summed E-state index contributed by atoms with van der Waals surface area (Å²) in [6.45, 7) is 3.95. The molecule has 48 heavy (non-hydrogen) atoms. The van der Waals surface area contributed by atoms with Gasteiger partial charge in [-0.25, -0.2) is 0 Å². The molecule has 0 spiro atoms. The summed E-state index contributed by atoms with van der Waals surface area (Å²) in [4.78, 5) is 0. The molecule has 2 heterocycles. The highest BCUT2D eigenvalue weighted by molar-refractivity contribution is 6.09. The number of aromatic nitrogens is 1. The van der Waals surface area contributed by atoms with Gasteiger partial charge in [0.1, 0.15) is 11.5 Å². The largest absolute Gasteiger partial charge is 0.452 e. The zero-order valence-corrected chi connectivity index (χ0v) is 26.9. The van der Waals surface area contributed by atoms with Gasteiger partial charge in [0.25, 0.3) is 0 Å². The van der Waals surface area contributed by atoms with E-state index in [9.17, 15) is 0 Å². The van der Waals surface area contributed by atoms with Gasteiger partial charge in [-0.05, 0) is 94.0 Å². The van der Waals surface area contributed by atoms with Crippen molar-refractivity contribution in [2.45, 2.75) is 19.6 Å². The first-order valence-corrected chi connectivity index (χ1v) is 16.4. The van der Waals surface area contributed by atoms with Crippen LogP contribution in [0.15, 0.2) is 164 Å². The third-order valence-corrected chi connectivity index (χ3v) is 9.27. The quantitative estimate of drug-likeness (QED) is 0.196. The molecule has 0 radical (unpaired) electrons. The molecule has 0 aliphatic carbocycles. The molecule has 0 bridgehead atoms. The standard InChI is InChI=1S/C45H33NO2/c1-45(2)47-43-24-22-36(46-41-19-11-9-17-37(41)38-18-10-12-20-42(38)46)29-40(43)39-23-21-32(28-44(39)48-45)35-26-33(30-13-5-3-6-14-30)25-34(27-35)31-15-7-4-8-16-31/h3-29H,1-2H3. The lowest BCUT2D eigenvalue weighted by Gasteiger charge is -2.26. The van der Waals surface area contributed by atoms with Crippen molar-refractivity contribution in [3.05, 3.63) is 164 Å². The highest BCUT2D eigenvalue weighted by Crippen LogP contribution is 2.46. The number of ether oxygens (including phenoxy) is 2. The Morgan fingerprint density at radius 1 is 0.396 bits per heavy atom. The van der Waals surface area contributed by atoms with Crippen molar-refractivity contribution in [1.82, 2.24) is 4.57 Å². The fourth-order valence-corrected chi connectivity index (χ4v) is 7.11. The van der Waals surface area contributed by atoms with Crippen LogP contribution in [0.5, 0.6) is 11.5 Å². The minimum atomic E-state index is -0.867. The van der Waals surface area contributed by atoms with Gasteiger partial charge in [-0.15, -0.1) is 0 Å². The summed E-state index contributed by atoms with van der Waals surface area (Å²) >= 11 is 0. The van der Waals surface area contributed by atoms with E-state index < -0.39 is 5.79 Å². The lowest BCUT2D eigenvalue weighted by Crippen LogP contribution is -2.34. The molecule has 230 valence electrons. The van der Waals surface area contributed by atoms with Crippen LogP contribution < -0.4 is 9.47 Å². The monoisotopic (exact) mass is 619 g/mol. The van der Waals surface area contributed by atoms with Crippen LogP contribution in [0.25, 0.3) is 72.0 Å². The molecule has 3 nitrogen and oxygen atoms in total. The minimum absolute atomic E-state index is 0.794. The number of hydrogen-bond acceptors (Lipinski definition) is 2. The number of para-hydroxylation sites is 2. The molecule has 9 rings (SSSR count). The zero-order chi connectivity index (χ0) is 32.2. The summed E-state index contributed by atoms with van der Waals surface area (Å²) in [6, 6.07) is 58.2. The lowest BCUT2D eigenvalue weighted by molar-refractivity contribution is -0.0778. The molecule has 1 aliphatic rings. The number of benzene rings is 7. The number of fused-ring (bicyclic) bond motifs is 6.